The lowest BCUT2D eigenvalue weighted by molar-refractivity contribution is 0.0995. The monoisotopic (exact) mass is 453 g/mol. The van der Waals surface area contributed by atoms with E-state index in [-0.39, 0.29) is 22.0 Å². The topological polar surface area (TPSA) is 101 Å². The smallest absolute Gasteiger partial charge is 0.291 e. The Kier molecular flexibility index (Phi) is 6.55. The molecule has 0 saturated carbocycles. The number of nitrogens with one attached hydrogen (secondary N) is 2. The minimum Gasteiger partial charge on any atom is -0.456 e. The van der Waals surface area contributed by atoms with Crippen molar-refractivity contribution in [3.05, 3.63) is 83.3 Å². The summed E-state index contributed by atoms with van der Waals surface area (Å²) in [4.78, 5) is 14.7. The fourth-order valence-corrected chi connectivity index (χ4v) is 3.81. The van der Waals surface area contributed by atoms with E-state index in [1.54, 1.807) is 74.5 Å². The van der Waals surface area contributed by atoms with Crippen LogP contribution in [0.25, 0.3) is 0 Å². The van der Waals surface area contributed by atoms with E-state index in [1.165, 1.54) is 0 Å². The second kappa shape index (κ2) is 9.00. The number of hydrogen-bond donors (Lipinski definition) is 2. The third kappa shape index (κ3) is 5.64. The summed E-state index contributed by atoms with van der Waals surface area (Å²) in [6.07, 6.45) is 0. The quantitative estimate of drug-likeness (QED) is 0.412. The number of furan rings is 1. The number of rotatable bonds is 6. The number of nitrogens with zero attached hydrogens (tertiary/aromatic N) is 1. The first kappa shape index (κ1) is 23.3. The molecule has 0 aliphatic rings. The van der Waals surface area contributed by atoms with Gasteiger partial charge in [0.2, 0.25) is 0 Å². The second-order valence-electron chi connectivity index (χ2n) is 8.51. The van der Waals surface area contributed by atoms with Crippen molar-refractivity contribution in [2.75, 3.05) is 5.32 Å². The molecule has 7 nitrogen and oxygen atoms in total. The molecule has 2 N–H and O–H groups in total. The molecule has 2 aromatic carbocycles. The van der Waals surface area contributed by atoms with Crippen LogP contribution in [0.5, 0.6) is 0 Å². The van der Waals surface area contributed by atoms with Crippen LogP contribution in [0.15, 0.2) is 75.1 Å². The molecular formula is C24H27N3O4S. The van der Waals surface area contributed by atoms with Crippen LogP contribution in [0.1, 0.15) is 55.1 Å². The maximum Gasteiger partial charge on any atom is 0.291 e. The van der Waals surface area contributed by atoms with Gasteiger partial charge in [-0.25, -0.2) is 0 Å². The van der Waals surface area contributed by atoms with Gasteiger partial charge in [0.15, 0.2) is 5.76 Å². The van der Waals surface area contributed by atoms with E-state index in [0.29, 0.717) is 22.7 Å². The lowest BCUT2D eigenvalue weighted by atomic mass is 9.87. The Labute approximate surface area is 188 Å². The Hall–Kier alpha value is -3.39. The van der Waals surface area contributed by atoms with Gasteiger partial charge in [-0.2, -0.15) is 18.4 Å². The van der Waals surface area contributed by atoms with Crippen molar-refractivity contribution in [1.29, 1.82) is 0 Å². The fraction of sp³-hybridized carbons (Fsp3) is 0.250. The van der Waals surface area contributed by atoms with Crippen molar-refractivity contribution in [3.8, 4) is 0 Å². The van der Waals surface area contributed by atoms with E-state index in [9.17, 15) is 13.2 Å². The van der Waals surface area contributed by atoms with Gasteiger partial charge in [0.05, 0.1) is 10.6 Å². The standard InChI is InChI=1S/C24H27N3O4S/c1-16-9-14-22(31-16)23(28)25-20-8-6-7-18(15-20)17(2)26-27-32(29,30)21-12-10-19(11-13-21)24(3,4)5/h6-15,27H,1-5H3,(H,25,28)/b26-17+. The third-order valence-corrected chi connectivity index (χ3v) is 6.09. The maximum absolute atomic E-state index is 12.6. The number of benzene rings is 2. The van der Waals surface area contributed by atoms with Crippen molar-refractivity contribution in [3.63, 3.8) is 0 Å². The predicted molar refractivity (Wildman–Crippen MR) is 126 cm³/mol. The molecule has 1 amide bonds. The molecule has 0 radical (unpaired) electrons. The summed E-state index contributed by atoms with van der Waals surface area (Å²) in [5, 5.41) is 6.80. The molecule has 32 heavy (non-hydrogen) atoms. The highest BCUT2D eigenvalue weighted by molar-refractivity contribution is 7.89. The zero-order valence-corrected chi connectivity index (χ0v) is 19.6. The summed E-state index contributed by atoms with van der Waals surface area (Å²) >= 11 is 0. The Morgan fingerprint density at radius 3 is 2.28 bits per heavy atom. The Morgan fingerprint density at radius 2 is 1.69 bits per heavy atom. The third-order valence-electron chi connectivity index (χ3n) is 4.87. The highest BCUT2D eigenvalue weighted by Gasteiger charge is 2.17. The number of hydrogen-bond acceptors (Lipinski definition) is 5. The number of amides is 1. The van der Waals surface area contributed by atoms with Crippen LogP contribution in [-0.2, 0) is 15.4 Å². The molecule has 0 spiro atoms. The minimum atomic E-state index is -3.81. The Morgan fingerprint density at radius 1 is 1.00 bits per heavy atom. The molecule has 3 rings (SSSR count). The highest BCUT2D eigenvalue weighted by Crippen LogP contribution is 2.23. The Bertz CT molecular complexity index is 1250. The lowest BCUT2D eigenvalue weighted by Gasteiger charge is -2.19. The zero-order valence-electron chi connectivity index (χ0n) is 18.8. The largest absolute Gasteiger partial charge is 0.456 e. The number of hydrazone groups is 1. The number of carbonyl (C=O) groups excluding carboxylic acids is 1. The molecule has 0 aliphatic carbocycles. The van der Waals surface area contributed by atoms with Gasteiger partial charge in [-0.1, -0.05) is 45.0 Å². The van der Waals surface area contributed by atoms with Crippen molar-refractivity contribution in [1.82, 2.24) is 4.83 Å². The number of anilines is 1. The average molecular weight is 454 g/mol. The van der Waals surface area contributed by atoms with Gasteiger partial charge in [0.25, 0.3) is 15.9 Å². The van der Waals surface area contributed by atoms with Gasteiger partial charge in [-0.3, -0.25) is 4.79 Å². The molecule has 8 heteroatoms. The van der Waals surface area contributed by atoms with E-state index in [0.717, 1.165) is 5.56 Å². The number of carbonyl (C=O) groups is 1. The van der Waals surface area contributed by atoms with Gasteiger partial charge in [0, 0.05) is 5.69 Å². The first-order valence-electron chi connectivity index (χ1n) is 10.1. The van der Waals surface area contributed by atoms with Gasteiger partial charge in [-0.05, 0) is 66.8 Å². The SMILES string of the molecule is C/C(=N\NS(=O)(=O)c1ccc(C(C)(C)C)cc1)c1cccc(NC(=O)c2ccc(C)o2)c1. The first-order chi connectivity index (χ1) is 15.0. The Balaban J connectivity index is 1.73. The summed E-state index contributed by atoms with van der Waals surface area (Å²) < 4.78 is 30.6. The van der Waals surface area contributed by atoms with Crippen molar-refractivity contribution < 1.29 is 17.6 Å². The van der Waals surface area contributed by atoms with E-state index < -0.39 is 10.0 Å². The fourth-order valence-electron chi connectivity index (χ4n) is 2.95. The highest BCUT2D eigenvalue weighted by atomic mass is 32.2. The van der Waals surface area contributed by atoms with Crippen molar-refractivity contribution in [2.24, 2.45) is 5.10 Å². The van der Waals surface area contributed by atoms with Crippen LogP contribution in [0.2, 0.25) is 0 Å². The second-order valence-corrected chi connectivity index (χ2v) is 10.2. The molecule has 0 saturated heterocycles. The van der Waals surface area contributed by atoms with E-state index >= 15 is 0 Å². The van der Waals surface area contributed by atoms with E-state index in [2.05, 4.69) is 36.0 Å². The van der Waals surface area contributed by atoms with Gasteiger partial charge < -0.3 is 9.73 Å². The summed E-state index contributed by atoms with van der Waals surface area (Å²) in [6, 6.07) is 17.0. The minimum absolute atomic E-state index is 0.0688. The molecule has 0 aliphatic heterocycles. The van der Waals surface area contributed by atoms with Gasteiger partial charge in [-0.15, -0.1) is 0 Å². The number of sulfonamides is 1. The van der Waals surface area contributed by atoms with Crippen LogP contribution in [0.3, 0.4) is 0 Å². The molecule has 0 unspecified atom stereocenters. The van der Waals surface area contributed by atoms with E-state index in [4.69, 9.17) is 4.42 Å². The molecular weight excluding hydrogens is 426 g/mol. The summed E-state index contributed by atoms with van der Waals surface area (Å²) in [7, 11) is -3.81. The van der Waals surface area contributed by atoms with Crippen molar-refractivity contribution in [2.45, 2.75) is 44.9 Å². The maximum atomic E-state index is 12.6. The molecule has 1 aromatic heterocycles. The molecule has 1 heterocycles. The molecule has 0 bridgehead atoms. The first-order valence-corrected chi connectivity index (χ1v) is 11.6. The zero-order chi connectivity index (χ0) is 23.5. The van der Waals surface area contributed by atoms with Crippen LogP contribution in [-0.4, -0.2) is 20.0 Å². The normalized spacial score (nSPS) is 12.5. The number of aryl methyl sites for hydroxylation is 1. The molecule has 3 aromatic rings. The summed E-state index contributed by atoms with van der Waals surface area (Å²) in [5.41, 5.74) is 2.62. The van der Waals surface area contributed by atoms with Gasteiger partial charge in [0.1, 0.15) is 5.76 Å². The van der Waals surface area contributed by atoms with Crippen LogP contribution in [0.4, 0.5) is 5.69 Å². The molecule has 0 fully saturated rings. The van der Waals surface area contributed by atoms with Crippen LogP contribution >= 0.6 is 0 Å². The lowest BCUT2D eigenvalue weighted by Crippen LogP contribution is -2.20. The van der Waals surface area contributed by atoms with E-state index in [1.807, 2.05) is 0 Å². The van der Waals surface area contributed by atoms with Crippen LogP contribution in [0, 0.1) is 6.92 Å². The average Bonchev–Trinajstić information content (AvgIpc) is 3.18. The molecule has 168 valence electrons. The summed E-state index contributed by atoms with van der Waals surface area (Å²) in [6.45, 7) is 9.64. The van der Waals surface area contributed by atoms with Crippen LogP contribution < -0.4 is 10.1 Å². The van der Waals surface area contributed by atoms with Crippen molar-refractivity contribution >= 4 is 27.3 Å². The predicted octanol–water partition coefficient (Wildman–Crippen LogP) is 4.84. The molecule has 0 atom stereocenters. The van der Waals surface area contributed by atoms with Gasteiger partial charge >= 0.3 is 0 Å². The summed E-state index contributed by atoms with van der Waals surface area (Å²) in [5.74, 6) is 0.486.